The van der Waals surface area contributed by atoms with Crippen molar-refractivity contribution in [2.75, 3.05) is 7.05 Å². The maximum atomic E-state index is 4.47. The van der Waals surface area contributed by atoms with Gasteiger partial charge in [-0.3, -0.25) is 4.68 Å². The van der Waals surface area contributed by atoms with Crippen LogP contribution >= 0.6 is 0 Å². The zero-order valence-corrected chi connectivity index (χ0v) is 10.7. The normalized spacial score (nSPS) is 16.7. The van der Waals surface area contributed by atoms with Crippen LogP contribution in [0.4, 0.5) is 0 Å². The van der Waals surface area contributed by atoms with Crippen LogP contribution in [0, 0.1) is 5.92 Å². The number of rotatable bonds is 5. The highest BCUT2D eigenvalue weighted by Gasteiger charge is 2.30. The average Bonchev–Trinajstić information content (AvgIpc) is 3.16. The summed E-state index contributed by atoms with van der Waals surface area (Å²) in [5.74, 6) is 0.847. The second-order valence-electron chi connectivity index (χ2n) is 5.05. The van der Waals surface area contributed by atoms with Gasteiger partial charge in [0.2, 0.25) is 0 Å². The Morgan fingerprint density at radius 2 is 2.06 bits per heavy atom. The Hall–Kier alpha value is -1.61. The molecule has 0 aliphatic heterocycles. The van der Waals surface area contributed by atoms with E-state index < -0.39 is 0 Å². The third-order valence-corrected chi connectivity index (χ3v) is 3.69. The molecule has 0 amide bonds. The monoisotopic (exact) mass is 241 g/mol. The van der Waals surface area contributed by atoms with Crippen LogP contribution in [-0.4, -0.2) is 22.9 Å². The van der Waals surface area contributed by atoms with Crippen LogP contribution in [-0.2, 0) is 6.54 Å². The zero-order valence-electron chi connectivity index (χ0n) is 10.7. The number of nitrogens with one attached hydrogen (secondary N) is 1. The van der Waals surface area contributed by atoms with Crippen molar-refractivity contribution in [1.82, 2.24) is 15.1 Å². The summed E-state index contributed by atoms with van der Waals surface area (Å²) in [6.45, 7) is 0.966. The average molecular weight is 241 g/mol. The zero-order chi connectivity index (χ0) is 12.4. The molecular formula is C15H19N3. The minimum Gasteiger partial charge on any atom is -0.315 e. The second kappa shape index (κ2) is 4.94. The number of aromatic nitrogens is 2. The molecule has 1 aromatic heterocycles. The molecular weight excluding hydrogens is 222 g/mol. The first-order chi connectivity index (χ1) is 8.86. The van der Waals surface area contributed by atoms with Gasteiger partial charge in [0.05, 0.1) is 12.7 Å². The fourth-order valence-electron chi connectivity index (χ4n) is 2.42. The Morgan fingerprint density at radius 3 is 2.72 bits per heavy atom. The molecule has 1 heterocycles. The van der Waals surface area contributed by atoms with Crippen LogP contribution in [0.1, 0.15) is 12.8 Å². The first-order valence-corrected chi connectivity index (χ1v) is 6.62. The molecule has 2 aromatic rings. The van der Waals surface area contributed by atoms with E-state index in [1.54, 1.807) is 0 Å². The van der Waals surface area contributed by atoms with E-state index in [2.05, 4.69) is 45.6 Å². The van der Waals surface area contributed by atoms with Gasteiger partial charge in [0, 0.05) is 17.8 Å². The van der Waals surface area contributed by atoms with Crippen LogP contribution < -0.4 is 5.32 Å². The SMILES string of the molecule is CNC(Cn1cc(-c2ccccc2)cn1)C1CC1. The van der Waals surface area contributed by atoms with Gasteiger partial charge in [-0.15, -0.1) is 0 Å². The molecule has 18 heavy (non-hydrogen) atoms. The summed E-state index contributed by atoms with van der Waals surface area (Å²) in [5, 5.41) is 7.87. The minimum atomic E-state index is 0.563. The van der Waals surface area contributed by atoms with Gasteiger partial charge in [-0.2, -0.15) is 5.10 Å². The Labute approximate surface area is 108 Å². The van der Waals surface area contributed by atoms with E-state index in [9.17, 15) is 0 Å². The lowest BCUT2D eigenvalue weighted by Gasteiger charge is -2.14. The van der Waals surface area contributed by atoms with Crippen molar-refractivity contribution >= 4 is 0 Å². The molecule has 1 fully saturated rings. The molecule has 1 unspecified atom stereocenters. The summed E-state index contributed by atoms with van der Waals surface area (Å²) >= 11 is 0. The van der Waals surface area contributed by atoms with Gasteiger partial charge in [0.25, 0.3) is 0 Å². The fraction of sp³-hybridized carbons (Fsp3) is 0.400. The van der Waals surface area contributed by atoms with Gasteiger partial charge < -0.3 is 5.32 Å². The fourth-order valence-corrected chi connectivity index (χ4v) is 2.42. The number of hydrogen-bond acceptors (Lipinski definition) is 2. The lowest BCUT2D eigenvalue weighted by Crippen LogP contribution is -2.32. The van der Waals surface area contributed by atoms with Gasteiger partial charge in [0.1, 0.15) is 0 Å². The van der Waals surface area contributed by atoms with Gasteiger partial charge in [-0.1, -0.05) is 30.3 Å². The number of likely N-dealkylation sites (N-methyl/N-ethyl adjacent to an activating group) is 1. The molecule has 1 aliphatic carbocycles. The van der Waals surface area contributed by atoms with Crippen LogP contribution in [0.3, 0.4) is 0 Å². The van der Waals surface area contributed by atoms with Gasteiger partial charge in [-0.05, 0) is 31.4 Å². The summed E-state index contributed by atoms with van der Waals surface area (Å²) in [6.07, 6.45) is 6.81. The van der Waals surface area contributed by atoms with Crippen LogP contribution in [0.25, 0.3) is 11.1 Å². The molecule has 1 aromatic carbocycles. The van der Waals surface area contributed by atoms with E-state index in [4.69, 9.17) is 0 Å². The molecule has 0 saturated heterocycles. The molecule has 3 rings (SSSR count). The second-order valence-corrected chi connectivity index (χ2v) is 5.05. The van der Waals surface area contributed by atoms with Crippen LogP contribution in [0.15, 0.2) is 42.7 Å². The molecule has 0 radical (unpaired) electrons. The summed E-state index contributed by atoms with van der Waals surface area (Å²) in [5.41, 5.74) is 2.43. The van der Waals surface area contributed by atoms with Crippen LogP contribution in [0.2, 0.25) is 0 Å². The van der Waals surface area contributed by atoms with E-state index in [1.807, 2.05) is 19.3 Å². The van der Waals surface area contributed by atoms with Crippen molar-refractivity contribution in [3.05, 3.63) is 42.7 Å². The highest BCUT2D eigenvalue weighted by molar-refractivity contribution is 5.61. The van der Waals surface area contributed by atoms with Crippen molar-refractivity contribution in [2.24, 2.45) is 5.92 Å². The number of benzene rings is 1. The topological polar surface area (TPSA) is 29.9 Å². The first kappa shape index (κ1) is 11.5. The minimum absolute atomic E-state index is 0.563. The summed E-state index contributed by atoms with van der Waals surface area (Å²) in [4.78, 5) is 0. The Balaban J connectivity index is 1.73. The molecule has 1 N–H and O–H groups in total. The Kier molecular flexibility index (Phi) is 3.15. The van der Waals surface area contributed by atoms with Crippen molar-refractivity contribution in [3.63, 3.8) is 0 Å². The van der Waals surface area contributed by atoms with E-state index in [0.29, 0.717) is 6.04 Å². The lowest BCUT2D eigenvalue weighted by atomic mass is 10.1. The quantitative estimate of drug-likeness (QED) is 0.872. The van der Waals surface area contributed by atoms with Crippen molar-refractivity contribution < 1.29 is 0 Å². The Morgan fingerprint density at radius 1 is 1.28 bits per heavy atom. The third-order valence-electron chi connectivity index (χ3n) is 3.69. The van der Waals surface area contributed by atoms with E-state index in [-0.39, 0.29) is 0 Å². The van der Waals surface area contributed by atoms with Crippen molar-refractivity contribution in [1.29, 1.82) is 0 Å². The standard InChI is InChI=1S/C15H19N3/c1-16-15(13-7-8-13)11-18-10-14(9-17-18)12-5-3-2-4-6-12/h2-6,9-10,13,15-16H,7-8,11H2,1H3. The first-order valence-electron chi connectivity index (χ1n) is 6.62. The molecule has 0 spiro atoms. The Bertz CT molecular complexity index is 499. The van der Waals surface area contributed by atoms with Crippen LogP contribution in [0.5, 0.6) is 0 Å². The number of nitrogens with zero attached hydrogens (tertiary/aromatic N) is 2. The molecule has 3 nitrogen and oxygen atoms in total. The molecule has 94 valence electrons. The predicted octanol–water partition coefficient (Wildman–Crippen LogP) is 2.55. The summed E-state index contributed by atoms with van der Waals surface area (Å²) in [7, 11) is 2.05. The highest BCUT2D eigenvalue weighted by Crippen LogP contribution is 2.33. The maximum Gasteiger partial charge on any atom is 0.0568 e. The van der Waals surface area contributed by atoms with E-state index in [1.165, 1.54) is 24.0 Å². The van der Waals surface area contributed by atoms with E-state index in [0.717, 1.165) is 12.5 Å². The highest BCUT2D eigenvalue weighted by atomic mass is 15.3. The lowest BCUT2D eigenvalue weighted by molar-refractivity contribution is 0.414. The van der Waals surface area contributed by atoms with E-state index >= 15 is 0 Å². The number of hydrogen-bond donors (Lipinski definition) is 1. The maximum absolute atomic E-state index is 4.47. The predicted molar refractivity (Wildman–Crippen MR) is 73.2 cm³/mol. The molecule has 1 saturated carbocycles. The van der Waals surface area contributed by atoms with Crippen molar-refractivity contribution in [3.8, 4) is 11.1 Å². The molecule has 0 bridgehead atoms. The molecule has 1 aliphatic rings. The van der Waals surface area contributed by atoms with Crippen molar-refractivity contribution in [2.45, 2.75) is 25.4 Å². The molecule has 3 heteroatoms. The third kappa shape index (κ3) is 2.46. The largest absolute Gasteiger partial charge is 0.315 e. The summed E-state index contributed by atoms with van der Waals surface area (Å²) in [6, 6.07) is 11.0. The smallest absolute Gasteiger partial charge is 0.0568 e. The molecule has 1 atom stereocenters. The summed E-state index contributed by atoms with van der Waals surface area (Å²) < 4.78 is 2.06. The van der Waals surface area contributed by atoms with Gasteiger partial charge >= 0.3 is 0 Å². The van der Waals surface area contributed by atoms with Gasteiger partial charge in [-0.25, -0.2) is 0 Å². The van der Waals surface area contributed by atoms with Gasteiger partial charge in [0.15, 0.2) is 0 Å².